The van der Waals surface area contributed by atoms with Crippen molar-refractivity contribution < 1.29 is 4.43 Å². The van der Waals surface area contributed by atoms with Crippen LogP contribution < -0.4 is 0 Å². The highest BCUT2D eigenvalue weighted by atomic mass is 127. The Labute approximate surface area is 70.5 Å². The van der Waals surface area contributed by atoms with E-state index < -0.39 is 8.32 Å². The fourth-order valence-electron chi connectivity index (χ4n) is 0.337. The van der Waals surface area contributed by atoms with Crippen LogP contribution in [0, 0.1) is 11.3 Å². The predicted octanol–water partition coefficient (Wildman–Crippen LogP) is 2.12. The van der Waals surface area contributed by atoms with Crippen molar-refractivity contribution in [3.63, 3.8) is 0 Å². The van der Waals surface area contributed by atoms with Gasteiger partial charge in [-0.05, 0) is 42.2 Å². The lowest BCUT2D eigenvalue weighted by atomic mass is 10.9. The third kappa shape index (κ3) is 6.28. The Hall–Kier alpha value is 0.397. The van der Waals surface area contributed by atoms with Crippen LogP contribution in [0.15, 0.2) is 0 Å². The van der Waals surface area contributed by atoms with E-state index in [4.69, 9.17) is 9.69 Å². The van der Waals surface area contributed by atoms with E-state index in [2.05, 4.69) is 19.6 Å². The SMILES string of the molecule is C[Si](C)(C)OC(I)C#N. The first-order valence-corrected chi connectivity index (χ1v) is 7.32. The quantitative estimate of drug-likeness (QED) is 0.430. The van der Waals surface area contributed by atoms with Gasteiger partial charge in [0.1, 0.15) is 6.07 Å². The van der Waals surface area contributed by atoms with Gasteiger partial charge in [-0.25, -0.2) is 0 Å². The van der Waals surface area contributed by atoms with Crippen molar-refractivity contribution in [3.8, 4) is 6.07 Å². The Morgan fingerprint density at radius 2 is 2.00 bits per heavy atom. The Balaban J connectivity index is 3.63. The monoisotopic (exact) mass is 255 g/mol. The Morgan fingerprint density at radius 1 is 1.56 bits per heavy atom. The van der Waals surface area contributed by atoms with Crippen LogP contribution in [0.2, 0.25) is 19.6 Å². The van der Waals surface area contributed by atoms with E-state index in [0.717, 1.165) is 0 Å². The predicted molar refractivity (Wildman–Crippen MR) is 47.9 cm³/mol. The number of nitriles is 1. The molecular formula is C5H10INOSi. The molecule has 0 amide bonds. The second-order valence-electron chi connectivity index (χ2n) is 2.68. The summed E-state index contributed by atoms with van der Waals surface area (Å²) in [5.74, 6) is 0. The van der Waals surface area contributed by atoms with Gasteiger partial charge in [-0.15, -0.1) is 0 Å². The Bertz CT molecular complexity index is 126. The Kier molecular flexibility index (Phi) is 3.69. The molecule has 0 aromatic carbocycles. The van der Waals surface area contributed by atoms with E-state index >= 15 is 0 Å². The molecule has 0 aliphatic carbocycles. The smallest absolute Gasteiger partial charge is 0.186 e. The van der Waals surface area contributed by atoms with Gasteiger partial charge in [0.15, 0.2) is 12.4 Å². The summed E-state index contributed by atoms with van der Waals surface area (Å²) in [5.41, 5.74) is 0. The summed E-state index contributed by atoms with van der Waals surface area (Å²) in [6.45, 7) is 6.20. The van der Waals surface area contributed by atoms with E-state index in [1.165, 1.54) is 0 Å². The number of rotatable bonds is 2. The highest BCUT2D eigenvalue weighted by molar-refractivity contribution is 14.1. The minimum absolute atomic E-state index is 0.269. The van der Waals surface area contributed by atoms with Crippen molar-refractivity contribution in [2.75, 3.05) is 0 Å². The number of alkyl halides is 1. The van der Waals surface area contributed by atoms with Gasteiger partial charge >= 0.3 is 0 Å². The van der Waals surface area contributed by atoms with Crippen molar-refractivity contribution in [1.82, 2.24) is 0 Å². The first-order valence-electron chi connectivity index (χ1n) is 2.67. The Morgan fingerprint density at radius 3 is 2.11 bits per heavy atom. The highest BCUT2D eigenvalue weighted by Gasteiger charge is 2.18. The van der Waals surface area contributed by atoms with Gasteiger partial charge in [-0.1, -0.05) is 0 Å². The molecule has 0 rings (SSSR count). The molecule has 0 bridgehead atoms. The minimum atomic E-state index is -1.47. The largest absolute Gasteiger partial charge is 0.395 e. The molecule has 0 fully saturated rings. The minimum Gasteiger partial charge on any atom is -0.395 e. The van der Waals surface area contributed by atoms with Crippen molar-refractivity contribution in [1.29, 1.82) is 5.26 Å². The zero-order valence-electron chi connectivity index (χ0n) is 5.81. The van der Waals surface area contributed by atoms with Gasteiger partial charge in [-0.3, -0.25) is 0 Å². The number of nitrogens with zero attached hydrogens (tertiary/aromatic N) is 1. The molecule has 4 heteroatoms. The molecule has 0 saturated heterocycles. The maximum absolute atomic E-state index is 8.34. The van der Waals surface area contributed by atoms with Crippen LogP contribution in [0.25, 0.3) is 0 Å². The number of hydrogen-bond acceptors (Lipinski definition) is 2. The molecule has 0 aromatic heterocycles. The fourth-order valence-corrected chi connectivity index (χ4v) is 3.30. The molecule has 0 saturated carbocycles. The summed E-state index contributed by atoms with van der Waals surface area (Å²) in [5, 5.41) is 8.34. The molecular weight excluding hydrogens is 245 g/mol. The van der Waals surface area contributed by atoms with Crippen molar-refractivity contribution in [2.45, 2.75) is 23.8 Å². The third-order valence-electron chi connectivity index (χ3n) is 0.559. The lowest BCUT2D eigenvalue weighted by Crippen LogP contribution is -2.28. The average molecular weight is 255 g/mol. The van der Waals surface area contributed by atoms with Gasteiger partial charge in [0.05, 0.1) is 0 Å². The molecule has 0 aliphatic heterocycles. The molecule has 9 heavy (non-hydrogen) atoms. The third-order valence-corrected chi connectivity index (χ3v) is 2.51. The van der Waals surface area contributed by atoms with Gasteiger partial charge in [0.25, 0.3) is 0 Å². The average Bonchev–Trinajstić information content (AvgIpc) is 1.62. The fraction of sp³-hybridized carbons (Fsp3) is 0.800. The van der Waals surface area contributed by atoms with Crippen LogP contribution in [0.5, 0.6) is 0 Å². The lowest BCUT2D eigenvalue weighted by molar-refractivity contribution is 0.346. The topological polar surface area (TPSA) is 33.0 Å². The molecule has 0 spiro atoms. The molecule has 2 nitrogen and oxygen atoms in total. The van der Waals surface area contributed by atoms with Gasteiger partial charge in [-0.2, -0.15) is 5.26 Å². The first-order chi connectivity index (χ1) is 3.95. The van der Waals surface area contributed by atoms with Crippen molar-refractivity contribution in [2.24, 2.45) is 0 Å². The van der Waals surface area contributed by atoms with Gasteiger partial charge in [0.2, 0.25) is 0 Å². The summed E-state index contributed by atoms with van der Waals surface area (Å²) in [4.78, 5) is 0. The standard InChI is InChI=1S/C5H10INOSi/c1-9(2,3)8-5(6)4-7/h5H,1-3H3. The molecule has 0 radical (unpaired) electrons. The second kappa shape index (κ2) is 3.54. The van der Waals surface area contributed by atoms with Gasteiger partial charge < -0.3 is 4.43 Å². The lowest BCUT2D eigenvalue weighted by Gasteiger charge is -2.17. The molecule has 0 aliphatic rings. The normalized spacial score (nSPS) is 14.6. The van der Waals surface area contributed by atoms with E-state index in [9.17, 15) is 0 Å². The molecule has 52 valence electrons. The highest BCUT2D eigenvalue weighted by Crippen LogP contribution is 2.10. The molecule has 0 N–H and O–H groups in total. The van der Waals surface area contributed by atoms with Crippen LogP contribution in [0.1, 0.15) is 0 Å². The van der Waals surface area contributed by atoms with E-state index in [1.807, 2.05) is 28.7 Å². The van der Waals surface area contributed by atoms with Crippen LogP contribution in [-0.2, 0) is 4.43 Å². The molecule has 0 aromatic rings. The van der Waals surface area contributed by atoms with E-state index in [0.29, 0.717) is 0 Å². The molecule has 0 heterocycles. The summed E-state index contributed by atoms with van der Waals surface area (Å²) in [7, 11) is -1.47. The maximum Gasteiger partial charge on any atom is 0.186 e. The van der Waals surface area contributed by atoms with Crippen molar-refractivity contribution >= 4 is 30.9 Å². The number of halogens is 1. The maximum atomic E-state index is 8.34. The second-order valence-corrected chi connectivity index (χ2v) is 8.27. The summed E-state index contributed by atoms with van der Waals surface area (Å²) in [6.07, 6.45) is 0. The van der Waals surface area contributed by atoms with E-state index in [1.54, 1.807) is 0 Å². The van der Waals surface area contributed by atoms with Crippen LogP contribution in [0.4, 0.5) is 0 Å². The zero-order valence-corrected chi connectivity index (χ0v) is 8.97. The van der Waals surface area contributed by atoms with Gasteiger partial charge in [0, 0.05) is 0 Å². The first kappa shape index (κ1) is 9.40. The van der Waals surface area contributed by atoms with E-state index in [-0.39, 0.29) is 4.11 Å². The molecule has 1 atom stereocenters. The summed E-state index contributed by atoms with van der Waals surface area (Å²) < 4.78 is 5.08. The van der Waals surface area contributed by atoms with Crippen LogP contribution >= 0.6 is 22.6 Å². The summed E-state index contributed by atoms with van der Waals surface area (Å²) >= 11 is 1.98. The van der Waals surface area contributed by atoms with Crippen molar-refractivity contribution in [3.05, 3.63) is 0 Å². The zero-order chi connectivity index (χ0) is 7.49. The van der Waals surface area contributed by atoms with Crippen LogP contribution in [0.3, 0.4) is 0 Å². The number of hydrogen-bond donors (Lipinski definition) is 0. The molecule has 1 unspecified atom stereocenters. The summed E-state index contributed by atoms with van der Waals surface area (Å²) in [6, 6.07) is 2.02. The van der Waals surface area contributed by atoms with Crippen LogP contribution in [-0.4, -0.2) is 12.4 Å².